The molecule has 0 spiro atoms. The summed E-state index contributed by atoms with van der Waals surface area (Å²) in [6, 6.07) is 0.625. The van der Waals surface area contributed by atoms with E-state index in [0.29, 0.717) is 6.04 Å². The van der Waals surface area contributed by atoms with Crippen molar-refractivity contribution in [1.29, 1.82) is 0 Å². The number of rotatable bonds is 8. The third kappa shape index (κ3) is 5.19. The van der Waals surface area contributed by atoms with Crippen molar-refractivity contribution in [2.75, 3.05) is 6.54 Å². The van der Waals surface area contributed by atoms with Crippen LogP contribution < -0.4 is 5.32 Å². The van der Waals surface area contributed by atoms with E-state index in [1.54, 1.807) is 0 Å². The molecular weight excluding hydrogens is 184 g/mol. The van der Waals surface area contributed by atoms with Crippen molar-refractivity contribution >= 4 is 5.84 Å². The van der Waals surface area contributed by atoms with Crippen LogP contribution in [0.5, 0.6) is 0 Å². The van der Waals surface area contributed by atoms with Gasteiger partial charge in [-0.15, -0.1) is 0 Å². The highest BCUT2D eigenvalue weighted by Gasteiger charge is 2.13. The molecule has 88 valence electrons. The third-order valence-corrected chi connectivity index (χ3v) is 3.13. The second kappa shape index (κ2) is 7.72. The van der Waals surface area contributed by atoms with Gasteiger partial charge in [0.1, 0.15) is 0 Å². The van der Waals surface area contributed by atoms with Crippen LogP contribution in [0.4, 0.5) is 0 Å². The van der Waals surface area contributed by atoms with Gasteiger partial charge in [-0.1, -0.05) is 46.0 Å². The van der Waals surface area contributed by atoms with Gasteiger partial charge in [0.25, 0.3) is 0 Å². The second-order valence-corrected chi connectivity index (χ2v) is 4.55. The smallest absolute Gasteiger partial charge is 0.0966 e. The fourth-order valence-corrected chi connectivity index (χ4v) is 2.00. The van der Waals surface area contributed by atoms with Gasteiger partial charge in [-0.25, -0.2) is 0 Å². The largest absolute Gasteiger partial charge is 0.369 e. The summed E-state index contributed by atoms with van der Waals surface area (Å²) in [6.07, 6.45) is 10.6. The molecule has 1 aliphatic rings. The first kappa shape index (κ1) is 12.5. The monoisotopic (exact) mass is 210 g/mol. The molecule has 1 N–H and O–H groups in total. The molecule has 0 fully saturated rings. The fourth-order valence-electron chi connectivity index (χ4n) is 2.00. The van der Waals surface area contributed by atoms with Gasteiger partial charge in [0.2, 0.25) is 0 Å². The van der Waals surface area contributed by atoms with Crippen LogP contribution in [-0.4, -0.2) is 18.4 Å². The van der Waals surface area contributed by atoms with Crippen molar-refractivity contribution in [3.63, 3.8) is 0 Å². The minimum atomic E-state index is 0.625. The minimum Gasteiger partial charge on any atom is -0.369 e. The van der Waals surface area contributed by atoms with Crippen LogP contribution in [0.25, 0.3) is 0 Å². The molecule has 1 unspecified atom stereocenters. The highest BCUT2D eigenvalue weighted by Crippen LogP contribution is 2.09. The van der Waals surface area contributed by atoms with Crippen molar-refractivity contribution in [2.24, 2.45) is 4.99 Å². The summed E-state index contributed by atoms with van der Waals surface area (Å²) in [5, 5.41) is 3.49. The standard InChI is InChI=1S/C13H26N2/c1-3-5-6-7-8-9-10-13-14-11-12(4-2)15-13/h12H,3-11H2,1-2H3,(H,14,15). The zero-order valence-corrected chi connectivity index (χ0v) is 10.4. The maximum absolute atomic E-state index is 4.53. The van der Waals surface area contributed by atoms with Crippen molar-refractivity contribution in [1.82, 2.24) is 5.32 Å². The Bertz CT molecular complexity index is 187. The molecule has 0 amide bonds. The fraction of sp³-hybridized carbons (Fsp3) is 0.923. The van der Waals surface area contributed by atoms with Crippen LogP contribution in [0, 0.1) is 0 Å². The number of hydrogen-bond acceptors (Lipinski definition) is 2. The Balaban J connectivity index is 1.92. The number of aliphatic imine (C=N–C) groups is 1. The first-order valence-corrected chi connectivity index (χ1v) is 6.66. The summed E-state index contributed by atoms with van der Waals surface area (Å²) in [4.78, 5) is 4.53. The molecule has 0 saturated carbocycles. The van der Waals surface area contributed by atoms with E-state index in [1.807, 2.05) is 0 Å². The van der Waals surface area contributed by atoms with Crippen molar-refractivity contribution in [3.8, 4) is 0 Å². The predicted molar refractivity (Wildman–Crippen MR) is 67.5 cm³/mol. The summed E-state index contributed by atoms with van der Waals surface area (Å²) >= 11 is 0. The molecule has 0 radical (unpaired) electrons. The van der Waals surface area contributed by atoms with E-state index in [2.05, 4.69) is 24.2 Å². The average Bonchev–Trinajstić information content (AvgIpc) is 2.71. The van der Waals surface area contributed by atoms with Crippen LogP contribution >= 0.6 is 0 Å². The summed E-state index contributed by atoms with van der Waals surface area (Å²) in [5.41, 5.74) is 0. The first-order chi connectivity index (χ1) is 7.36. The van der Waals surface area contributed by atoms with Crippen LogP contribution in [0.1, 0.15) is 65.2 Å². The maximum Gasteiger partial charge on any atom is 0.0966 e. The van der Waals surface area contributed by atoms with Crippen molar-refractivity contribution in [3.05, 3.63) is 0 Å². The molecule has 1 aliphatic heterocycles. The van der Waals surface area contributed by atoms with Gasteiger partial charge in [0, 0.05) is 12.5 Å². The van der Waals surface area contributed by atoms with Gasteiger partial charge < -0.3 is 5.32 Å². The van der Waals surface area contributed by atoms with Gasteiger partial charge in [0.15, 0.2) is 0 Å². The second-order valence-electron chi connectivity index (χ2n) is 4.55. The van der Waals surface area contributed by atoms with Crippen LogP contribution in [0.3, 0.4) is 0 Å². The molecule has 1 atom stereocenters. The number of unbranched alkanes of at least 4 members (excludes halogenated alkanes) is 5. The lowest BCUT2D eigenvalue weighted by Gasteiger charge is -2.08. The third-order valence-electron chi connectivity index (χ3n) is 3.13. The topological polar surface area (TPSA) is 24.4 Å². The minimum absolute atomic E-state index is 0.625. The predicted octanol–water partition coefficient (Wildman–Crippen LogP) is 3.52. The molecule has 0 aliphatic carbocycles. The van der Waals surface area contributed by atoms with Gasteiger partial charge in [-0.2, -0.15) is 0 Å². The quantitative estimate of drug-likeness (QED) is 0.609. The highest BCUT2D eigenvalue weighted by atomic mass is 15.1. The molecule has 0 aromatic carbocycles. The van der Waals surface area contributed by atoms with Crippen LogP contribution in [-0.2, 0) is 0 Å². The molecule has 0 bridgehead atoms. The number of hydrogen-bond donors (Lipinski definition) is 1. The Morgan fingerprint density at radius 2 is 1.87 bits per heavy atom. The molecule has 15 heavy (non-hydrogen) atoms. The Hall–Kier alpha value is -0.530. The lowest BCUT2D eigenvalue weighted by Crippen LogP contribution is -2.29. The zero-order chi connectivity index (χ0) is 10.9. The lowest BCUT2D eigenvalue weighted by molar-refractivity contribution is 0.607. The average molecular weight is 210 g/mol. The summed E-state index contributed by atoms with van der Waals surface area (Å²) in [7, 11) is 0. The van der Waals surface area contributed by atoms with Gasteiger partial charge in [-0.3, -0.25) is 4.99 Å². The highest BCUT2D eigenvalue weighted by molar-refractivity contribution is 5.83. The SMILES string of the molecule is CCCCCCCCC1=NCC(CC)N1. The van der Waals surface area contributed by atoms with E-state index in [0.717, 1.165) is 6.54 Å². The van der Waals surface area contributed by atoms with E-state index in [4.69, 9.17) is 0 Å². The molecule has 1 rings (SSSR count). The van der Waals surface area contributed by atoms with Crippen LogP contribution in [0.15, 0.2) is 4.99 Å². The Labute approximate surface area is 94.6 Å². The van der Waals surface area contributed by atoms with Crippen molar-refractivity contribution in [2.45, 2.75) is 71.3 Å². The molecule has 2 nitrogen and oxygen atoms in total. The molecule has 1 heterocycles. The number of nitrogens with one attached hydrogen (secondary N) is 1. The van der Waals surface area contributed by atoms with Crippen LogP contribution in [0.2, 0.25) is 0 Å². The lowest BCUT2D eigenvalue weighted by atomic mass is 10.1. The summed E-state index contributed by atoms with van der Waals surface area (Å²) in [6.45, 7) is 5.49. The maximum atomic E-state index is 4.53. The summed E-state index contributed by atoms with van der Waals surface area (Å²) < 4.78 is 0. The van der Waals surface area contributed by atoms with E-state index >= 15 is 0 Å². The Kier molecular flexibility index (Phi) is 6.45. The first-order valence-electron chi connectivity index (χ1n) is 6.66. The number of amidine groups is 1. The van der Waals surface area contributed by atoms with E-state index in [9.17, 15) is 0 Å². The Morgan fingerprint density at radius 3 is 2.53 bits per heavy atom. The van der Waals surface area contributed by atoms with E-state index in [-0.39, 0.29) is 0 Å². The zero-order valence-electron chi connectivity index (χ0n) is 10.4. The van der Waals surface area contributed by atoms with Gasteiger partial charge >= 0.3 is 0 Å². The molecular formula is C13H26N2. The molecule has 0 saturated heterocycles. The number of nitrogens with zero attached hydrogens (tertiary/aromatic N) is 1. The normalized spacial score (nSPS) is 20.1. The molecule has 2 heteroatoms. The molecule has 0 aromatic rings. The molecule has 0 aromatic heterocycles. The summed E-state index contributed by atoms with van der Waals surface area (Å²) in [5.74, 6) is 1.26. The Morgan fingerprint density at radius 1 is 1.13 bits per heavy atom. The van der Waals surface area contributed by atoms with Gasteiger partial charge in [0.05, 0.1) is 12.4 Å². The van der Waals surface area contributed by atoms with E-state index < -0.39 is 0 Å². The van der Waals surface area contributed by atoms with E-state index in [1.165, 1.54) is 57.2 Å². The van der Waals surface area contributed by atoms with Gasteiger partial charge in [-0.05, 0) is 12.8 Å². The van der Waals surface area contributed by atoms with Crippen molar-refractivity contribution < 1.29 is 0 Å².